The van der Waals surface area contributed by atoms with Gasteiger partial charge in [0.1, 0.15) is 0 Å². The van der Waals surface area contributed by atoms with E-state index in [2.05, 4.69) is 22.9 Å². The van der Waals surface area contributed by atoms with Crippen molar-refractivity contribution in [1.82, 2.24) is 4.90 Å². The van der Waals surface area contributed by atoms with Crippen LogP contribution in [0, 0.1) is 23.0 Å². The number of nitro groups is 1. The number of halogens is 1. The van der Waals surface area contributed by atoms with Crippen molar-refractivity contribution < 1.29 is 9.72 Å². The molecule has 0 saturated carbocycles. The average molecular weight is 341 g/mol. The average Bonchev–Trinajstić information content (AvgIpc) is 2.40. The summed E-state index contributed by atoms with van der Waals surface area (Å²) in [6.07, 6.45) is 0.904. The number of carbonyl (C=O) groups is 1. The number of amides is 1. The quantitative estimate of drug-likeness (QED) is 0.472. The predicted octanol–water partition coefficient (Wildman–Crippen LogP) is 3.15. The van der Waals surface area contributed by atoms with Crippen molar-refractivity contribution in [3.8, 4) is 0 Å². The van der Waals surface area contributed by atoms with Crippen molar-refractivity contribution in [2.75, 3.05) is 13.1 Å². The molecule has 6 heteroatoms. The van der Waals surface area contributed by atoms with Crippen LogP contribution in [0.5, 0.6) is 0 Å². The molecule has 20 heavy (non-hydrogen) atoms. The molecular formula is C14H17BrN2O3. The number of piperidine rings is 1. The second-order valence-electron chi connectivity index (χ2n) is 5.35. The highest BCUT2D eigenvalue weighted by Gasteiger charge is 2.28. The van der Waals surface area contributed by atoms with Gasteiger partial charge in [-0.25, -0.2) is 0 Å². The zero-order valence-electron chi connectivity index (χ0n) is 11.5. The molecule has 1 heterocycles. The number of carbonyl (C=O) groups excluding carboxylic acids is 1. The van der Waals surface area contributed by atoms with Crippen LogP contribution in [0.15, 0.2) is 18.2 Å². The number of hydrogen-bond donors (Lipinski definition) is 0. The normalized spacial score (nSPS) is 22.6. The Bertz CT molecular complexity index is 547. The topological polar surface area (TPSA) is 63.5 Å². The largest absolute Gasteiger partial charge is 0.338 e. The lowest BCUT2D eigenvalue weighted by atomic mass is 9.99. The van der Waals surface area contributed by atoms with Crippen LogP contribution >= 0.6 is 15.9 Å². The first-order valence-electron chi connectivity index (χ1n) is 6.58. The lowest BCUT2D eigenvalue weighted by Crippen LogP contribution is -2.43. The summed E-state index contributed by atoms with van der Waals surface area (Å²) in [6, 6.07) is 4.55. The maximum atomic E-state index is 12.5. The van der Waals surface area contributed by atoms with Crippen LogP contribution in [-0.2, 0) is 0 Å². The Balaban J connectivity index is 2.23. The third kappa shape index (κ3) is 3.17. The summed E-state index contributed by atoms with van der Waals surface area (Å²) < 4.78 is 0. The Morgan fingerprint density at radius 2 is 2.15 bits per heavy atom. The van der Waals surface area contributed by atoms with Crippen LogP contribution < -0.4 is 0 Å². The molecule has 2 atom stereocenters. The summed E-state index contributed by atoms with van der Waals surface area (Å²) in [5.74, 6) is 0.260. The SMILES string of the molecule is Cc1cc(C(=O)N2CCC(Br)C(C)C2)cc([N+](=O)[O-])c1. The van der Waals surface area contributed by atoms with E-state index in [4.69, 9.17) is 0 Å². The van der Waals surface area contributed by atoms with E-state index in [0.29, 0.717) is 29.4 Å². The minimum atomic E-state index is -0.461. The highest BCUT2D eigenvalue weighted by atomic mass is 79.9. The first kappa shape index (κ1) is 15.0. The molecule has 1 aromatic carbocycles. The number of likely N-dealkylation sites (tertiary alicyclic amines) is 1. The molecule has 1 aliphatic rings. The molecule has 2 rings (SSSR count). The maximum Gasteiger partial charge on any atom is 0.270 e. The van der Waals surface area contributed by atoms with Crippen molar-refractivity contribution in [3.63, 3.8) is 0 Å². The molecule has 1 amide bonds. The number of nitrogens with zero attached hydrogens (tertiary/aromatic N) is 2. The van der Waals surface area contributed by atoms with Gasteiger partial charge in [-0.05, 0) is 30.9 Å². The monoisotopic (exact) mass is 340 g/mol. The van der Waals surface area contributed by atoms with Crippen molar-refractivity contribution in [1.29, 1.82) is 0 Å². The number of benzene rings is 1. The zero-order valence-corrected chi connectivity index (χ0v) is 13.1. The molecule has 0 aliphatic carbocycles. The van der Waals surface area contributed by atoms with E-state index in [-0.39, 0.29) is 11.6 Å². The van der Waals surface area contributed by atoms with E-state index in [1.807, 2.05) is 0 Å². The summed E-state index contributed by atoms with van der Waals surface area (Å²) in [7, 11) is 0. The number of aryl methyl sites for hydroxylation is 1. The summed E-state index contributed by atoms with van der Waals surface area (Å²) in [5, 5.41) is 10.9. The van der Waals surface area contributed by atoms with Gasteiger partial charge in [0.15, 0.2) is 0 Å². The number of rotatable bonds is 2. The smallest absolute Gasteiger partial charge is 0.270 e. The molecule has 0 bridgehead atoms. The number of nitro benzene ring substituents is 1. The zero-order chi connectivity index (χ0) is 14.9. The van der Waals surface area contributed by atoms with Gasteiger partial charge in [-0.3, -0.25) is 14.9 Å². The Morgan fingerprint density at radius 3 is 2.75 bits per heavy atom. The third-order valence-electron chi connectivity index (χ3n) is 3.61. The fraction of sp³-hybridized carbons (Fsp3) is 0.500. The van der Waals surface area contributed by atoms with Gasteiger partial charge in [-0.1, -0.05) is 22.9 Å². The highest BCUT2D eigenvalue weighted by Crippen LogP contribution is 2.25. The fourth-order valence-corrected chi connectivity index (χ4v) is 2.85. The molecule has 5 nitrogen and oxygen atoms in total. The van der Waals surface area contributed by atoms with Crippen molar-refractivity contribution in [3.05, 3.63) is 39.4 Å². The van der Waals surface area contributed by atoms with Crippen LogP contribution in [0.4, 0.5) is 5.69 Å². The fourth-order valence-electron chi connectivity index (χ4n) is 2.48. The van der Waals surface area contributed by atoms with Crippen LogP contribution in [0.3, 0.4) is 0 Å². The molecule has 1 saturated heterocycles. The second-order valence-corrected chi connectivity index (χ2v) is 6.52. The molecule has 0 radical (unpaired) electrons. The molecular weight excluding hydrogens is 324 g/mol. The molecule has 0 spiro atoms. The molecule has 1 fully saturated rings. The summed E-state index contributed by atoms with van der Waals surface area (Å²) in [5.41, 5.74) is 1.10. The van der Waals surface area contributed by atoms with E-state index in [0.717, 1.165) is 12.0 Å². The summed E-state index contributed by atoms with van der Waals surface area (Å²) >= 11 is 3.60. The van der Waals surface area contributed by atoms with Crippen LogP contribution in [0.2, 0.25) is 0 Å². The summed E-state index contributed by atoms with van der Waals surface area (Å²) in [6.45, 7) is 5.21. The number of non-ortho nitro benzene ring substituents is 1. The van der Waals surface area contributed by atoms with Crippen LogP contribution in [0.1, 0.15) is 29.3 Å². The molecule has 1 aromatic rings. The van der Waals surface area contributed by atoms with E-state index in [1.165, 1.54) is 12.1 Å². The van der Waals surface area contributed by atoms with Crippen molar-refractivity contribution in [2.24, 2.45) is 5.92 Å². The standard InChI is InChI=1S/C14H17BrN2O3/c1-9-5-11(7-12(6-9)17(19)20)14(18)16-4-3-13(15)10(2)8-16/h5-7,10,13H,3-4,8H2,1-2H3. The molecule has 0 aromatic heterocycles. The van der Waals surface area contributed by atoms with Gasteiger partial charge >= 0.3 is 0 Å². The second kappa shape index (κ2) is 5.91. The predicted molar refractivity (Wildman–Crippen MR) is 80.2 cm³/mol. The van der Waals surface area contributed by atoms with Gasteiger partial charge in [-0.15, -0.1) is 0 Å². The van der Waals surface area contributed by atoms with Crippen molar-refractivity contribution in [2.45, 2.75) is 25.1 Å². The Kier molecular flexibility index (Phi) is 4.42. The maximum absolute atomic E-state index is 12.5. The van der Waals surface area contributed by atoms with Gasteiger partial charge in [0.25, 0.3) is 11.6 Å². The Labute approximate surface area is 126 Å². The summed E-state index contributed by atoms with van der Waals surface area (Å²) in [4.78, 5) is 25.1. The highest BCUT2D eigenvalue weighted by molar-refractivity contribution is 9.09. The van der Waals surface area contributed by atoms with Gasteiger partial charge in [0.2, 0.25) is 0 Å². The van der Waals surface area contributed by atoms with Gasteiger partial charge < -0.3 is 4.90 Å². The van der Waals surface area contributed by atoms with E-state index < -0.39 is 4.92 Å². The first-order chi connectivity index (χ1) is 9.38. The Hall–Kier alpha value is -1.43. The van der Waals surface area contributed by atoms with Gasteiger partial charge in [-0.2, -0.15) is 0 Å². The van der Waals surface area contributed by atoms with Crippen LogP contribution in [-0.4, -0.2) is 33.6 Å². The molecule has 1 aliphatic heterocycles. The molecule has 108 valence electrons. The molecule has 2 unspecified atom stereocenters. The minimum Gasteiger partial charge on any atom is -0.338 e. The number of alkyl halides is 1. The van der Waals surface area contributed by atoms with Crippen LogP contribution in [0.25, 0.3) is 0 Å². The minimum absolute atomic E-state index is 0.0308. The lowest BCUT2D eigenvalue weighted by Gasteiger charge is -2.34. The van der Waals surface area contributed by atoms with Crippen molar-refractivity contribution >= 4 is 27.5 Å². The Morgan fingerprint density at radius 1 is 1.45 bits per heavy atom. The van der Waals surface area contributed by atoms with E-state index in [9.17, 15) is 14.9 Å². The third-order valence-corrected chi connectivity index (χ3v) is 4.97. The van der Waals surface area contributed by atoms with Gasteiger partial charge in [0, 0.05) is 35.6 Å². The van der Waals surface area contributed by atoms with Gasteiger partial charge in [0.05, 0.1) is 4.92 Å². The first-order valence-corrected chi connectivity index (χ1v) is 7.49. The number of hydrogen-bond acceptors (Lipinski definition) is 3. The molecule has 0 N–H and O–H groups in total. The van der Waals surface area contributed by atoms with E-state index in [1.54, 1.807) is 17.9 Å². The van der Waals surface area contributed by atoms with E-state index >= 15 is 0 Å². The lowest BCUT2D eigenvalue weighted by molar-refractivity contribution is -0.384.